The maximum absolute atomic E-state index is 13.3. The predicted octanol–water partition coefficient (Wildman–Crippen LogP) is 3.60. The van der Waals surface area contributed by atoms with Gasteiger partial charge in [0, 0.05) is 63.7 Å². The van der Waals surface area contributed by atoms with Crippen LogP contribution in [0.5, 0.6) is 0 Å². The first-order chi connectivity index (χ1) is 25.3. The van der Waals surface area contributed by atoms with Crippen molar-refractivity contribution in [3.8, 4) is 0 Å². The smallest absolute Gasteiger partial charge is 0.305 e. The number of primary amides is 1. The Morgan fingerprint density at radius 3 is 1.58 bits per heavy atom. The number of carboxylic acids is 1. The molecular weight excluding hydrogens is 845 g/mol. The number of esters is 1. The van der Waals surface area contributed by atoms with Crippen LogP contribution in [-0.4, -0.2) is 112 Å². The number of anilines is 2. The zero-order valence-electron chi connectivity index (χ0n) is 30.8. The number of carboxylic acid groups (broad SMARTS) is 1. The van der Waals surface area contributed by atoms with Crippen LogP contribution in [-0.2, 0) is 48.9 Å². The number of hydrogen-bond donors (Lipinski definition) is 7. The molecule has 0 aliphatic carbocycles. The van der Waals surface area contributed by atoms with E-state index in [9.17, 15) is 54.7 Å². The van der Waals surface area contributed by atoms with Crippen LogP contribution in [0.15, 0.2) is 18.2 Å². The minimum Gasteiger partial charge on any atom is -0.481 e. The SMILES string of the molecule is COC(=O)CCC(C)(C)SSCCC(C(=O)Nc1cc(NC(=O)C(CCSSC(C)(C)CCC(=O)O)S(=O)(=O)O)cc(C(=O)NCCC(N)=O)c1)S(=O)(=O)O. The van der Waals surface area contributed by atoms with Crippen molar-refractivity contribution in [3.63, 3.8) is 0 Å². The van der Waals surface area contributed by atoms with Gasteiger partial charge in [0.15, 0.2) is 10.5 Å². The molecule has 18 nitrogen and oxygen atoms in total. The maximum atomic E-state index is 13.3. The molecule has 0 aliphatic heterocycles. The molecule has 1 rings (SSSR count). The lowest BCUT2D eigenvalue weighted by Crippen LogP contribution is -2.36. The molecule has 2 atom stereocenters. The van der Waals surface area contributed by atoms with E-state index in [0.29, 0.717) is 12.8 Å². The Labute approximate surface area is 336 Å². The Morgan fingerprint density at radius 1 is 0.764 bits per heavy atom. The highest BCUT2D eigenvalue weighted by Gasteiger charge is 2.33. The van der Waals surface area contributed by atoms with E-state index in [1.165, 1.54) is 50.3 Å². The fourth-order valence-electron chi connectivity index (χ4n) is 4.29. The molecule has 0 aliphatic rings. The Bertz CT molecular complexity index is 1760. The highest BCUT2D eigenvalue weighted by molar-refractivity contribution is 8.77. The summed E-state index contributed by atoms with van der Waals surface area (Å²) in [6.45, 7) is 7.11. The first-order valence-electron chi connectivity index (χ1n) is 16.4. The van der Waals surface area contributed by atoms with Gasteiger partial charge in [-0.3, -0.25) is 37.9 Å². The Morgan fingerprint density at radius 2 is 1.20 bits per heavy atom. The molecule has 0 aromatic heterocycles. The predicted molar refractivity (Wildman–Crippen MR) is 216 cm³/mol. The van der Waals surface area contributed by atoms with Crippen molar-refractivity contribution in [1.29, 1.82) is 0 Å². The molecule has 8 N–H and O–H groups in total. The van der Waals surface area contributed by atoms with Gasteiger partial charge < -0.3 is 31.5 Å². The van der Waals surface area contributed by atoms with Crippen LogP contribution in [0.1, 0.15) is 83.0 Å². The van der Waals surface area contributed by atoms with E-state index in [2.05, 4.69) is 20.7 Å². The molecule has 0 spiro atoms. The third kappa shape index (κ3) is 20.8. The van der Waals surface area contributed by atoms with Gasteiger partial charge in [-0.15, -0.1) is 0 Å². The van der Waals surface area contributed by atoms with E-state index in [1.54, 1.807) is 13.8 Å². The van der Waals surface area contributed by atoms with E-state index >= 15 is 0 Å². The summed E-state index contributed by atoms with van der Waals surface area (Å²) in [5.41, 5.74) is 4.38. The van der Waals surface area contributed by atoms with Gasteiger partial charge in [0.2, 0.25) is 17.7 Å². The molecule has 55 heavy (non-hydrogen) atoms. The molecule has 2 unspecified atom stereocenters. The summed E-state index contributed by atoms with van der Waals surface area (Å²) in [6.07, 6.45) is -0.128. The second-order valence-electron chi connectivity index (χ2n) is 13.1. The van der Waals surface area contributed by atoms with Gasteiger partial charge >= 0.3 is 11.9 Å². The Kier molecular flexibility index (Phi) is 20.9. The molecule has 0 fully saturated rings. The van der Waals surface area contributed by atoms with Crippen molar-refractivity contribution < 1.29 is 64.6 Å². The largest absolute Gasteiger partial charge is 0.481 e. The van der Waals surface area contributed by atoms with Gasteiger partial charge in [-0.2, -0.15) is 16.8 Å². The van der Waals surface area contributed by atoms with Crippen molar-refractivity contribution in [2.75, 3.05) is 35.8 Å². The van der Waals surface area contributed by atoms with Crippen LogP contribution in [0.2, 0.25) is 0 Å². The number of methoxy groups -OCH3 is 1. The van der Waals surface area contributed by atoms with Gasteiger partial charge in [0.1, 0.15) is 0 Å². The molecule has 0 saturated heterocycles. The summed E-state index contributed by atoms with van der Waals surface area (Å²) in [4.78, 5) is 73.0. The average molecular weight is 893 g/mol. The number of nitrogens with two attached hydrogens (primary N) is 1. The van der Waals surface area contributed by atoms with Crippen LogP contribution in [0.4, 0.5) is 11.4 Å². The molecule has 0 bridgehead atoms. The number of rotatable bonds is 26. The van der Waals surface area contributed by atoms with Crippen molar-refractivity contribution in [2.24, 2.45) is 5.73 Å². The van der Waals surface area contributed by atoms with E-state index in [4.69, 9.17) is 10.8 Å². The standard InChI is InChI=1S/C31H48N4O14S6/c1-30(2,11-6-25(37)38)52-50-14-9-22(54(43,44)45)28(41)34-20-16-19(27(40)33-13-8-24(32)36)17-21(18-20)35-29(42)23(55(46,47)48)10-15-51-53-31(3,4)12-7-26(39)49-5/h16-18,22-23H,6-15H2,1-5H3,(H2,32,36)(H,33,40)(H,34,41)(H,35,42)(H,37,38)(H,43,44,45)(H,46,47,48). The number of nitrogens with one attached hydrogen (secondary N) is 3. The quantitative estimate of drug-likeness (QED) is 0.0302. The number of amides is 4. The van der Waals surface area contributed by atoms with Gasteiger partial charge in [-0.05, 0) is 71.6 Å². The second kappa shape index (κ2) is 22.9. The minimum absolute atomic E-state index is 0.0431. The third-order valence-corrected chi connectivity index (χ3v) is 16.4. The molecule has 312 valence electrons. The van der Waals surface area contributed by atoms with Gasteiger partial charge in [0.25, 0.3) is 26.1 Å². The molecule has 1 aromatic rings. The topological polar surface area (TPSA) is 303 Å². The number of carbonyl (C=O) groups excluding carboxylic acids is 5. The number of benzene rings is 1. The Hall–Kier alpha value is -2.74. The first kappa shape index (κ1) is 50.3. The lowest BCUT2D eigenvalue weighted by Gasteiger charge is -2.23. The molecule has 0 saturated carbocycles. The first-order valence-corrected chi connectivity index (χ1v) is 24.1. The van der Waals surface area contributed by atoms with E-state index in [-0.39, 0.29) is 67.1 Å². The van der Waals surface area contributed by atoms with Gasteiger partial charge in [-0.25, -0.2) is 0 Å². The van der Waals surface area contributed by atoms with Crippen LogP contribution < -0.4 is 21.7 Å². The van der Waals surface area contributed by atoms with Gasteiger partial charge in [-0.1, -0.05) is 43.2 Å². The highest BCUT2D eigenvalue weighted by Crippen LogP contribution is 2.40. The van der Waals surface area contributed by atoms with Crippen LogP contribution in [0, 0.1) is 0 Å². The molecule has 4 amide bonds. The normalized spacial score (nSPS) is 13.3. The summed E-state index contributed by atoms with van der Waals surface area (Å²) in [5, 5.41) is 12.0. The van der Waals surface area contributed by atoms with Crippen molar-refractivity contribution >= 4 is 110 Å². The summed E-state index contributed by atoms with van der Waals surface area (Å²) in [7, 11) is -3.68. The second-order valence-corrected chi connectivity index (χ2v) is 22.6. The number of hydrogen-bond acceptors (Lipinski definition) is 15. The summed E-state index contributed by atoms with van der Waals surface area (Å²) < 4.78 is 72.6. The van der Waals surface area contributed by atoms with E-state index in [0.717, 1.165) is 18.2 Å². The summed E-state index contributed by atoms with van der Waals surface area (Å²) in [6, 6.07) is 3.28. The van der Waals surface area contributed by atoms with Gasteiger partial charge in [0.05, 0.1) is 7.11 Å². The van der Waals surface area contributed by atoms with E-state index < -0.39 is 75.8 Å². The molecular formula is C31H48N4O14S6. The number of carbonyl (C=O) groups is 6. The maximum Gasteiger partial charge on any atom is 0.305 e. The van der Waals surface area contributed by atoms with E-state index in [1.807, 2.05) is 13.8 Å². The van der Waals surface area contributed by atoms with Crippen LogP contribution in [0.3, 0.4) is 0 Å². The minimum atomic E-state index is -4.98. The monoisotopic (exact) mass is 892 g/mol. The fraction of sp³-hybridized carbons (Fsp3) is 0.613. The number of ether oxygens (including phenoxy) is 1. The van der Waals surface area contributed by atoms with Crippen molar-refractivity contribution in [3.05, 3.63) is 23.8 Å². The lowest BCUT2D eigenvalue weighted by atomic mass is 10.1. The third-order valence-electron chi connectivity index (χ3n) is 7.29. The molecule has 0 heterocycles. The molecule has 24 heteroatoms. The fourth-order valence-corrected chi connectivity index (χ4v) is 11.4. The average Bonchev–Trinajstić information content (AvgIpc) is 3.04. The summed E-state index contributed by atoms with van der Waals surface area (Å²) >= 11 is 0. The van der Waals surface area contributed by atoms with Crippen LogP contribution in [0.25, 0.3) is 0 Å². The zero-order valence-corrected chi connectivity index (χ0v) is 35.7. The number of aliphatic carboxylic acids is 1. The van der Waals surface area contributed by atoms with Crippen molar-refractivity contribution in [2.45, 2.75) is 92.6 Å². The highest BCUT2D eigenvalue weighted by atomic mass is 33.1. The molecule has 0 radical (unpaired) electrons. The zero-order chi connectivity index (χ0) is 42.2. The van der Waals surface area contributed by atoms with Crippen molar-refractivity contribution in [1.82, 2.24) is 5.32 Å². The molecule has 1 aromatic carbocycles. The Balaban J connectivity index is 3.25. The summed E-state index contributed by atoms with van der Waals surface area (Å²) in [5.74, 6) is -5.20. The lowest BCUT2D eigenvalue weighted by molar-refractivity contribution is -0.141. The van der Waals surface area contributed by atoms with Crippen LogP contribution >= 0.6 is 43.2 Å².